The van der Waals surface area contributed by atoms with Crippen molar-refractivity contribution >= 4 is 40.0 Å². The number of allylic oxidation sites excluding steroid dienone is 1. The number of nitrogens with zero attached hydrogens (tertiary/aromatic N) is 2. The molecule has 0 aliphatic carbocycles. The Labute approximate surface area is 148 Å². The van der Waals surface area contributed by atoms with Crippen LogP contribution < -0.4 is 4.74 Å². The lowest BCUT2D eigenvalue weighted by molar-refractivity contribution is -0.114. The molecule has 0 spiro atoms. The summed E-state index contributed by atoms with van der Waals surface area (Å²) in [5.74, 6) is 0.0883. The minimum Gasteiger partial charge on any atom is -0.494 e. The van der Waals surface area contributed by atoms with Crippen LogP contribution in [0, 0.1) is 5.41 Å². The number of carbonyl (C=O) groups excluding carboxylic acids is 1. The van der Waals surface area contributed by atoms with E-state index >= 15 is 0 Å². The van der Waals surface area contributed by atoms with Gasteiger partial charge in [-0.05, 0) is 37.1 Å². The minimum atomic E-state index is -0.603. The number of carbonyl (C=O) groups is 1. The van der Waals surface area contributed by atoms with Gasteiger partial charge in [-0.1, -0.05) is 30.8 Å². The summed E-state index contributed by atoms with van der Waals surface area (Å²) >= 11 is 2.61. The van der Waals surface area contributed by atoms with Crippen molar-refractivity contribution in [3.63, 3.8) is 0 Å². The van der Waals surface area contributed by atoms with Gasteiger partial charge in [0, 0.05) is 0 Å². The van der Waals surface area contributed by atoms with Gasteiger partial charge >= 0.3 is 0 Å². The summed E-state index contributed by atoms with van der Waals surface area (Å²) in [6.45, 7) is 4.52. The molecule has 1 unspecified atom stereocenters. The standard InChI is InChI=1S/C17H17N3O2S2/c1-3-13-19-20-17(24-13)14-15(21)12(23-16(14)18)9-10-6-5-7-11(8-10)22-4-2/h5-9,14,18H,3-4H2,1-2H3. The number of hydrogen-bond donors (Lipinski definition) is 1. The summed E-state index contributed by atoms with van der Waals surface area (Å²) in [4.78, 5) is 13.3. The van der Waals surface area contributed by atoms with Gasteiger partial charge in [0.05, 0.1) is 16.6 Å². The highest BCUT2D eigenvalue weighted by Crippen LogP contribution is 2.41. The lowest BCUT2D eigenvalue weighted by Crippen LogP contribution is -2.11. The first-order chi connectivity index (χ1) is 11.6. The number of ether oxygens (including phenoxy) is 1. The zero-order valence-corrected chi connectivity index (χ0v) is 15.0. The zero-order valence-electron chi connectivity index (χ0n) is 13.4. The van der Waals surface area contributed by atoms with Crippen molar-refractivity contribution in [3.8, 4) is 5.75 Å². The molecule has 1 saturated heterocycles. The lowest BCUT2D eigenvalue weighted by atomic mass is 10.1. The maximum atomic E-state index is 12.7. The van der Waals surface area contributed by atoms with Gasteiger partial charge in [-0.3, -0.25) is 10.2 Å². The van der Waals surface area contributed by atoms with Crippen molar-refractivity contribution in [1.82, 2.24) is 10.2 Å². The van der Waals surface area contributed by atoms with Gasteiger partial charge in [-0.25, -0.2) is 0 Å². The Morgan fingerprint density at radius 2 is 2.17 bits per heavy atom. The molecule has 1 N–H and O–H groups in total. The summed E-state index contributed by atoms with van der Waals surface area (Å²) in [5, 5.41) is 18.1. The number of hydrogen-bond acceptors (Lipinski definition) is 7. The first-order valence-corrected chi connectivity index (χ1v) is 9.33. The van der Waals surface area contributed by atoms with E-state index in [0.717, 1.165) is 22.7 Å². The average molecular weight is 359 g/mol. The summed E-state index contributed by atoms with van der Waals surface area (Å²) in [5.41, 5.74) is 0.886. The van der Waals surface area contributed by atoms with Gasteiger partial charge in [0.1, 0.15) is 21.7 Å². The Kier molecular flexibility index (Phi) is 5.11. The molecule has 1 atom stereocenters. The molecule has 1 aromatic carbocycles. The number of rotatable bonds is 5. The van der Waals surface area contributed by atoms with Crippen molar-refractivity contribution in [2.24, 2.45) is 0 Å². The Hall–Kier alpha value is -1.99. The van der Waals surface area contributed by atoms with E-state index in [1.54, 1.807) is 0 Å². The van der Waals surface area contributed by atoms with Crippen molar-refractivity contribution in [2.75, 3.05) is 6.61 Å². The SMILES string of the molecule is CCOc1cccc(C=C2SC(=N)C(c3nnc(CC)s3)C2=O)c1. The molecule has 5 nitrogen and oxygen atoms in total. The van der Waals surface area contributed by atoms with Crippen LogP contribution in [-0.4, -0.2) is 27.6 Å². The van der Waals surface area contributed by atoms with Gasteiger partial charge in [0.15, 0.2) is 5.78 Å². The van der Waals surface area contributed by atoms with Gasteiger partial charge in [0.2, 0.25) is 0 Å². The van der Waals surface area contributed by atoms with E-state index in [-0.39, 0.29) is 5.78 Å². The molecule has 1 aromatic heterocycles. The smallest absolute Gasteiger partial charge is 0.186 e. The summed E-state index contributed by atoms with van der Waals surface area (Å²) in [6.07, 6.45) is 2.60. The number of Topliss-reactive ketones (excluding diaryl/α,β-unsaturated/α-hetero) is 1. The van der Waals surface area contributed by atoms with Crippen molar-refractivity contribution < 1.29 is 9.53 Å². The predicted molar refractivity (Wildman–Crippen MR) is 97.9 cm³/mol. The third-order valence-electron chi connectivity index (χ3n) is 3.49. The summed E-state index contributed by atoms with van der Waals surface area (Å²) in [6, 6.07) is 7.58. The molecule has 0 radical (unpaired) electrons. The second-order valence-electron chi connectivity index (χ2n) is 5.17. The monoisotopic (exact) mass is 359 g/mol. The summed E-state index contributed by atoms with van der Waals surface area (Å²) in [7, 11) is 0. The third-order valence-corrected chi connectivity index (χ3v) is 5.61. The number of ketones is 1. The lowest BCUT2D eigenvalue weighted by Gasteiger charge is -2.03. The molecule has 0 saturated carbocycles. The Morgan fingerprint density at radius 3 is 2.88 bits per heavy atom. The highest BCUT2D eigenvalue weighted by atomic mass is 32.2. The number of aromatic nitrogens is 2. The van der Waals surface area contributed by atoms with E-state index in [2.05, 4.69) is 10.2 Å². The van der Waals surface area contributed by atoms with E-state index in [0.29, 0.717) is 21.6 Å². The van der Waals surface area contributed by atoms with Crippen LogP contribution in [0.4, 0.5) is 0 Å². The molecule has 2 heterocycles. The predicted octanol–water partition coefficient (Wildman–Crippen LogP) is 3.92. The van der Waals surface area contributed by atoms with Gasteiger partial charge in [-0.15, -0.1) is 21.5 Å². The van der Waals surface area contributed by atoms with Crippen LogP contribution in [0.5, 0.6) is 5.75 Å². The molecular formula is C17H17N3O2S2. The molecular weight excluding hydrogens is 342 g/mol. The molecule has 1 aliphatic heterocycles. The molecule has 0 amide bonds. The van der Waals surface area contributed by atoms with Crippen molar-refractivity contribution in [3.05, 3.63) is 44.7 Å². The number of thioether (sulfide) groups is 1. The maximum absolute atomic E-state index is 12.7. The van der Waals surface area contributed by atoms with Crippen molar-refractivity contribution in [1.29, 1.82) is 5.41 Å². The molecule has 124 valence electrons. The van der Waals surface area contributed by atoms with E-state index in [1.165, 1.54) is 23.1 Å². The fourth-order valence-electron chi connectivity index (χ4n) is 2.35. The van der Waals surface area contributed by atoms with Crippen molar-refractivity contribution in [2.45, 2.75) is 26.2 Å². The maximum Gasteiger partial charge on any atom is 0.186 e. The van der Waals surface area contributed by atoms with Crippen LogP contribution in [0.2, 0.25) is 0 Å². The van der Waals surface area contributed by atoms with Crippen LogP contribution >= 0.6 is 23.1 Å². The highest BCUT2D eigenvalue weighted by molar-refractivity contribution is 8.19. The molecule has 2 aromatic rings. The van der Waals surface area contributed by atoms with Crippen LogP contribution in [0.25, 0.3) is 6.08 Å². The van der Waals surface area contributed by atoms with E-state index in [1.807, 2.05) is 44.2 Å². The molecule has 24 heavy (non-hydrogen) atoms. The number of aryl methyl sites for hydroxylation is 1. The van der Waals surface area contributed by atoms with Crippen LogP contribution in [0.3, 0.4) is 0 Å². The number of nitrogens with one attached hydrogen (secondary N) is 1. The van der Waals surface area contributed by atoms with Crippen LogP contribution in [0.15, 0.2) is 29.2 Å². The van der Waals surface area contributed by atoms with Gasteiger partial charge in [-0.2, -0.15) is 0 Å². The van der Waals surface area contributed by atoms with E-state index in [4.69, 9.17) is 10.1 Å². The molecule has 7 heteroatoms. The average Bonchev–Trinajstić information content (AvgIpc) is 3.13. The Balaban J connectivity index is 1.86. The molecule has 3 rings (SSSR count). The second-order valence-corrected chi connectivity index (χ2v) is 7.34. The third kappa shape index (κ3) is 3.42. The van der Waals surface area contributed by atoms with Gasteiger partial charge < -0.3 is 4.74 Å². The zero-order chi connectivity index (χ0) is 17.1. The normalized spacial score (nSPS) is 19.2. The highest BCUT2D eigenvalue weighted by Gasteiger charge is 2.39. The first-order valence-electron chi connectivity index (χ1n) is 7.69. The van der Waals surface area contributed by atoms with E-state index in [9.17, 15) is 4.79 Å². The Morgan fingerprint density at radius 1 is 1.33 bits per heavy atom. The minimum absolute atomic E-state index is 0.0781. The first kappa shape index (κ1) is 16.9. The molecule has 1 fully saturated rings. The fraction of sp³-hybridized carbons (Fsp3) is 0.294. The molecule has 0 bridgehead atoms. The largest absolute Gasteiger partial charge is 0.494 e. The topological polar surface area (TPSA) is 75.9 Å². The molecule has 1 aliphatic rings. The number of benzene rings is 1. The second kappa shape index (κ2) is 7.27. The Bertz CT molecular complexity index is 814. The van der Waals surface area contributed by atoms with Crippen LogP contribution in [-0.2, 0) is 11.2 Å². The van der Waals surface area contributed by atoms with E-state index < -0.39 is 5.92 Å². The van der Waals surface area contributed by atoms with Gasteiger partial charge in [0.25, 0.3) is 0 Å². The quantitative estimate of drug-likeness (QED) is 0.819. The summed E-state index contributed by atoms with van der Waals surface area (Å²) < 4.78 is 5.48. The van der Waals surface area contributed by atoms with Crippen LogP contribution in [0.1, 0.15) is 35.3 Å². The fourth-order valence-corrected chi connectivity index (χ4v) is 4.31.